The van der Waals surface area contributed by atoms with Crippen LogP contribution < -0.4 is 10.0 Å². The summed E-state index contributed by atoms with van der Waals surface area (Å²) in [5.74, 6) is -0.443. The summed E-state index contributed by atoms with van der Waals surface area (Å²) in [5, 5.41) is 5.32. The molecule has 8 nitrogen and oxygen atoms in total. The number of piperidine rings is 1. The smallest absolute Gasteiger partial charge is 0.261 e. The molecule has 33 heavy (non-hydrogen) atoms. The first-order valence-electron chi connectivity index (χ1n) is 10.5. The summed E-state index contributed by atoms with van der Waals surface area (Å²) in [7, 11) is -3.75. The molecule has 1 aromatic heterocycles. The maximum absolute atomic E-state index is 13.0. The van der Waals surface area contributed by atoms with Crippen molar-refractivity contribution in [1.82, 2.24) is 9.88 Å². The Hall–Kier alpha value is -3.24. The highest BCUT2D eigenvalue weighted by Crippen LogP contribution is 2.24. The van der Waals surface area contributed by atoms with E-state index in [2.05, 4.69) is 15.0 Å². The van der Waals surface area contributed by atoms with Crippen LogP contribution in [-0.2, 0) is 14.8 Å². The number of aryl methyl sites for hydroxylation is 1. The third-order valence-corrected chi connectivity index (χ3v) is 7.69. The zero-order chi connectivity index (χ0) is 23.4. The quantitative estimate of drug-likeness (QED) is 0.554. The minimum atomic E-state index is -3.75. The Labute approximate surface area is 196 Å². The lowest BCUT2D eigenvalue weighted by Gasteiger charge is -2.31. The zero-order valence-electron chi connectivity index (χ0n) is 18.0. The van der Waals surface area contributed by atoms with Gasteiger partial charge < -0.3 is 10.2 Å². The number of anilines is 2. The first-order chi connectivity index (χ1) is 15.8. The molecule has 0 bridgehead atoms. The van der Waals surface area contributed by atoms with Gasteiger partial charge in [-0.2, -0.15) is 0 Å². The maximum atomic E-state index is 13.0. The van der Waals surface area contributed by atoms with Crippen LogP contribution in [0.3, 0.4) is 0 Å². The Balaban J connectivity index is 1.37. The van der Waals surface area contributed by atoms with Crippen LogP contribution >= 0.6 is 11.3 Å². The number of carbonyl (C=O) groups excluding carboxylic acids is 2. The average Bonchev–Trinajstić information content (AvgIpc) is 3.23. The van der Waals surface area contributed by atoms with E-state index in [4.69, 9.17) is 0 Å². The van der Waals surface area contributed by atoms with E-state index < -0.39 is 10.0 Å². The van der Waals surface area contributed by atoms with Crippen molar-refractivity contribution in [2.24, 2.45) is 5.92 Å². The molecule has 1 saturated heterocycles. The first-order valence-corrected chi connectivity index (χ1v) is 12.9. The summed E-state index contributed by atoms with van der Waals surface area (Å²) in [6.07, 6.45) is 1.12. The van der Waals surface area contributed by atoms with Gasteiger partial charge in [-0.05, 0) is 50.1 Å². The second-order valence-electron chi connectivity index (χ2n) is 7.85. The number of sulfonamides is 1. The Kier molecular flexibility index (Phi) is 6.75. The molecule has 10 heteroatoms. The van der Waals surface area contributed by atoms with Gasteiger partial charge in [-0.15, -0.1) is 11.3 Å². The van der Waals surface area contributed by atoms with E-state index in [0.717, 1.165) is 5.69 Å². The van der Waals surface area contributed by atoms with Crippen LogP contribution in [0.4, 0.5) is 10.8 Å². The largest absolute Gasteiger partial charge is 0.339 e. The summed E-state index contributed by atoms with van der Waals surface area (Å²) in [4.78, 5) is 31.6. The fraction of sp³-hybridized carbons (Fsp3) is 0.261. The molecule has 0 spiro atoms. The van der Waals surface area contributed by atoms with Gasteiger partial charge in [0.2, 0.25) is 5.91 Å². The molecule has 0 atom stereocenters. The van der Waals surface area contributed by atoms with Crippen LogP contribution in [0.2, 0.25) is 0 Å². The molecule has 4 rings (SSSR count). The van der Waals surface area contributed by atoms with Crippen molar-refractivity contribution in [3.8, 4) is 0 Å². The number of hydrogen-bond donors (Lipinski definition) is 2. The number of amides is 2. The summed E-state index contributed by atoms with van der Waals surface area (Å²) in [5.41, 5.74) is 1.58. The number of aromatic nitrogens is 1. The molecule has 0 unspecified atom stereocenters. The molecule has 2 aromatic carbocycles. The van der Waals surface area contributed by atoms with Gasteiger partial charge in [0.25, 0.3) is 15.9 Å². The zero-order valence-corrected chi connectivity index (χ0v) is 19.7. The van der Waals surface area contributed by atoms with Crippen LogP contribution in [0, 0.1) is 12.8 Å². The number of rotatable bonds is 6. The molecule has 2 amide bonds. The van der Waals surface area contributed by atoms with Gasteiger partial charge in [0.15, 0.2) is 5.13 Å². The van der Waals surface area contributed by atoms with Crippen LogP contribution in [0.5, 0.6) is 0 Å². The van der Waals surface area contributed by atoms with E-state index >= 15 is 0 Å². The minimum Gasteiger partial charge on any atom is -0.339 e. The molecular formula is C23H24N4O4S2. The Morgan fingerprint density at radius 2 is 1.79 bits per heavy atom. The van der Waals surface area contributed by atoms with Crippen LogP contribution in [0.1, 0.15) is 28.9 Å². The summed E-state index contributed by atoms with van der Waals surface area (Å²) < 4.78 is 27.7. The van der Waals surface area contributed by atoms with Crippen molar-refractivity contribution in [3.05, 3.63) is 71.2 Å². The van der Waals surface area contributed by atoms with E-state index in [0.29, 0.717) is 42.3 Å². The normalized spacial score (nSPS) is 14.6. The number of hydrogen-bond acceptors (Lipinski definition) is 6. The second-order valence-corrected chi connectivity index (χ2v) is 10.4. The Morgan fingerprint density at radius 1 is 1.06 bits per heavy atom. The fourth-order valence-corrected chi connectivity index (χ4v) is 5.44. The van der Waals surface area contributed by atoms with Gasteiger partial charge in [0, 0.05) is 35.6 Å². The lowest BCUT2D eigenvalue weighted by Crippen LogP contribution is -2.41. The predicted molar refractivity (Wildman–Crippen MR) is 128 cm³/mol. The van der Waals surface area contributed by atoms with Gasteiger partial charge in [0.1, 0.15) is 0 Å². The van der Waals surface area contributed by atoms with E-state index in [9.17, 15) is 18.0 Å². The summed E-state index contributed by atoms with van der Waals surface area (Å²) >= 11 is 1.39. The molecule has 0 radical (unpaired) electrons. The lowest BCUT2D eigenvalue weighted by molar-refractivity contribution is -0.121. The highest BCUT2D eigenvalue weighted by Gasteiger charge is 2.28. The molecule has 0 aliphatic carbocycles. The molecule has 2 N–H and O–H groups in total. The van der Waals surface area contributed by atoms with Crippen molar-refractivity contribution < 1.29 is 18.0 Å². The van der Waals surface area contributed by atoms with Crippen molar-refractivity contribution in [3.63, 3.8) is 0 Å². The van der Waals surface area contributed by atoms with Gasteiger partial charge in [-0.1, -0.05) is 24.3 Å². The van der Waals surface area contributed by atoms with Crippen LogP contribution in [0.15, 0.2) is 64.9 Å². The molecule has 3 aromatic rings. The van der Waals surface area contributed by atoms with Crippen molar-refractivity contribution >= 4 is 44.0 Å². The average molecular weight is 485 g/mol. The molecular weight excluding hydrogens is 460 g/mol. The molecule has 0 saturated carbocycles. The van der Waals surface area contributed by atoms with Gasteiger partial charge in [-0.3, -0.25) is 14.3 Å². The molecule has 1 aliphatic heterocycles. The molecule has 2 heterocycles. The summed E-state index contributed by atoms with van der Waals surface area (Å²) in [6, 6.07) is 14.5. The second kappa shape index (κ2) is 9.72. The molecule has 1 aliphatic rings. The van der Waals surface area contributed by atoms with Crippen molar-refractivity contribution in [2.45, 2.75) is 24.7 Å². The van der Waals surface area contributed by atoms with Crippen LogP contribution in [-0.4, -0.2) is 43.2 Å². The third-order valence-electron chi connectivity index (χ3n) is 5.42. The Bertz CT molecular complexity index is 1250. The molecule has 1 fully saturated rings. The van der Waals surface area contributed by atoms with Gasteiger partial charge >= 0.3 is 0 Å². The topological polar surface area (TPSA) is 108 Å². The number of thiazole rings is 1. The van der Waals surface area contributed by atoms with E-state index in [1.807, 2.05) is 12.3 Å². The SMILES string of the molecule is Cc1csc(NC(=O)C2CCN(C(=O)c3cccc(NS(=O)(=O)c4ccccc4)c3)CC2)n1. The standard InChI is InChI=1S/C23H24N4O4S2/c1-16-15-32-23(24-16)25-21(28)17-10-12-27(13-11-17)22(29)18-6-5-7-19(14-18)26-33(30,31)20-8-3-2-4-9-20/h2-9,14-15,17,26H,10-13H2,1H3,(H,24,25,28). The van der Waals surface area contributed by atoms with E-state index in [1.165, 1.54) is 29.5 Å². The third kappa shape index (κ3) is 5.58. The van der Waals surface area contributed by atoms with E-state index in [-0.39, 0.29) is 22.6 Å². The highest BCUT2D eigenvalue weighted by molar-refractivity contribution is 7.92. The monoisotopic (exact) mass is 484 g/mol. The number of nitrogens with zero attached hydrogens (tertiary/aromatic N) is 2. The minimum absolute atomic E-state index is 0.0752. The lowest BCUT2D eigenvalue weighted by atomic mass is 9.95. The van der Waals surface area contributed by atoms with E-state index in [1.54, 1.807) is 41.3 Å². The fourth-order valence-electron chi connectivity index (χ4n) is 3.68. The summed E-state index contributed by atoms with van der Waals surface area (Å²) in [6.45, 7) is 2.78. The highest BCUT2D eigenvalue weighted by atomic mass is 32.2. The van der Waals surface area contributed by atoms with Gasteiger partial charge in [0.05, 0.1) is 10.6 Å². The molecule has 172 valence electrons. The number of likely N-dealkylation sites (tertiary alicyclic amines) is 1. The number of carbonyl (C=O) groups is 2. The first kappa shape index (κ1) is 22.9. The number of nitrogens with one attached hydrogen (secondary N) is 2. The van der Waals surface area contributed by atoms with Crippen LogP contribution in [0.25, 0.3) is 0 Å². The Morgan fingerprint density at radius 3 is 2.45 bits per heavy atom. The number of benzene rings is 2. The van der Waals surface area contributed by atoms with Crippen molar-refractivity contribution in [1.29, 1.82) is 0 Å². The predicted octanol–water partition coefficient (Wildman–Crippen LogP) is 3.74. The van der Waals surface area contributed by atoms with Gasteiger partial charge in [-0.25, -0.2) is 13.4 Å². The maximum Gasteiger partial charge on any atom is 0.261 e. The van der Waals surface area contributed by atoms with Crippen molar-refractivity contribution in [2.75, 3.05) is 23.1 Å².